The van der Waals surface area contributed by atoms with Crippen molar-refractivity contribution >= 4 is 18.1 Å². The van der Waals surface area contributed by atoms with E-state index in [1.165, 1.54) is 12.0 Å². The number of carbonyl (C=O) groups excluding carboxylic acids is 3. The Morgan fingerprint density at radius 1 is 1.21 bits per heavy atom. The molecule has 1 aliphatic rings. The quantitative estimate of drug-likeness (QED) is 0.512. The number of nitrogens with zero attached hydrogens (tertiary/aromatic N) is 2. The molecule has 0 radical (unpaired) electrons. The molecule has 0 saturated carbocycles. The lowest BCUT2D eigenvalue weighted by molar-refractivity contribution is -0.131. The number of ether oxygens (including phenoxy) is 3. The van der Waals surface area contributed by atoms with Crippen LogP contribution in [0.2, 0.25) is 0 Å². The minimum absolute atomic E-state index is 0.0182. The predicted octanol–water partition coefficient (Wildman–Crippen LogP) is 2.19. The lowest BCUT2D eigenvalue weighted by Gasteiger charge is -2.26. The molecule has 10 nitrogen and oxygen atoms in total. The zero-order valence-electron chi connectivity index (χ0n) is 19.3. The van der Waals surface area contributed by atoms with Crippen molar-refractivity contribution in [2.75, 3.05) is 33.4 Å². The van der Waals surface area contributed by atoms with Crippen molar-refractivity contribution < 1.29 is 28.6 Å². The summed E-state index contributed by atoms with van der Waals surface area (Å²) in [6, 6.07) is 11.4. The van der Waals surface area contributed by atoms with Gasteiger partial charge in [-0.3, -0.25) is 4.79 Å². The van der Waals surface area contributed by atoms with Gasteiger partial charge in [0.1, 0.15) is 12.1 Å². The molecule has 1 aromatic rings. The van der Waals surface area contributed by atoms with E-state index in [0.717, 1.165) is 5.56 Å². The van der Waals surface area contributed by atoms with Crippen LogP contribution in [0.1, 0.15) is 32.3 Å². The molecule has 0 spiro atoms. The maximum Gasteiger partial charge on any atom is 0.409 e. The highest BCUT2D eigenvalue weighted by Crippen LogP contribution is 2.22. The average Bonchev–Trinajstić information content (AvgIpc) is 3.22. The number of methoxy groups -OCH3 is 1. The maximum absolute atomic E-state index is 13.0. The number of carbonyl (C=O) groups is 3. The standard InChI is InChI=1S/C23H32N4O6/c1-17(2)13-19(33-21(29)25-14-18-7-5-4-6-8-18)20(28)26-23(15-24)9-10-27(16-23)22(30)32-12-11-31-3/h4-8,17,19H,9-14,16H2,1-3H3,(H,25,29)(H,26,28). The second-order valence-corrected chi connectivity index (χ2v) is 8.32. The highest BCUT2D eigenvalue weighted by Gasteiger charge is 2.43. The average molecular weight is 461 g/mol. The van der Waals surface area contributed by atoms with Gasteiger partial charge >= 0.3 is 12.2 Å². The van der Waals surface area contributed by atoms with Crippen LogP contribution in [0.25, 0.3) is 0 Å². The van der Waals surface area contributed by atoms with Gasteiger partial charge in [-0.1, -0.05) is 44.2 Å². The number of nitriles is 1. The van der Waals surface area contributed by atoms with E-state index in [9.17, 15) is 19.6 Å². The van der Waals surface area contributed by atoms with Gasteiger partial charge in [0.25, 0.3) is 5.91 Å². The highest BCUT2D eigenvalue weighted by atomic mass is 16.6. The van der Waals surface area contributed by atoms with E-state index < -0.39 is 29.7 Å². The number of benzene rings is 1. The van der Waals surface area contributed by atoms with Crippen LogP contribution in [0.3, 0.4) is 0 Å². The van der Waals surface area contributed by atoms with Crippen LogP contribution < -0.4 is 10.6 Å². The molecule has 2 atom stereocenters. The van der Waals surface area contributed by atoms with E-state index in [4.69, 9.17) is 14.2 Å². The maximum atomic E-state index is 13.0. The first-order valence-corrected chi connectivity index (χ1v) is 10.9. The number of hydrogen-bond acceptors (Lipinski definition) is 7. The van der Waals surface area contributed by atoms with Crippen LogP contribution in [-0.4, -0.2) is 68.0 Å². The summed E-state index contributed by atoms with van der Waals surface area (Å²) in [6.07, 6.45) is -1.85. The summed E-state index contributed by atoms with van der Waals surface area (Å²) in [5, 5.41) is 15.1. The van der Waals surface area contributed by atoms with Gasteiger partial charge in [-0.15, -0.1) is 0 Å². The number of rotatable bonds is 10. The Morgan fingerprint density at radius 2 is 1.94 bits per heavy atom. The topological polar surface area (TPSA) is 130 Å². The molecular weight excluding hydrogens is 428 g/mol. The minimum Gasteiger partial charge on any atom is -0.447 e. The summed E-state index contributed by atoms with van der Waals surface area (Å²) in [7, 11) is 1.50. The molecule has 1 heterocycles. The van der Waals surface area contributed by atoms with E-state index in [0.29, 0.717) is 0 Å². The van der Waals surface area contributed by atoms with Crippen LogP contribution in [0.5, 0.6) is 0 Å². The molecule has 1 aromatic carbocycles. The Kier molecular flexibility index (Phi) is 9.94. The second kappa shape index (κ2) is 12.6. The van der Waals surface area contributed by atoms with Gasteiger partial charge in [-0.25, -0.2) is 9.59 Å². The Bertz CT molecular complexity index is 841. The molecule has 33 heavy (non-hydrogen) atoms. The SMILES string of the molecule is COCCOC(=O)N1CCC(C#N)(NC(=O)C(CC(C)C)OC(=O)NCc2ccccc2)C1. The minimum atomic E-state index is -1.28. The first-order chi connectivity index (χ1) is 15.8. The fourth-order valence-corrected chi connectivity index (χ4v) is 3.38. The lowest BCUT2D eigenvalue weighted by Crippen LogP contribution is -2.54. The third-order valence-electron chi connectivity index (χ3n) is 5.12. The summed E-state index contributed by atoms with van der Waals surface area (Å²) in [5.74, 6) is -0.508. The van der Waals surface area contributed by atoms with Crippen molar-refractivity contribution in [2.45, 2.75) is 44.9 Å². The smallest absolute Gasteiger partial charge is 0.409 e. The van der Waals surface area contributed by atoms with E-state index in [2.05, 4.69) is 16.7 Å². The number of hydrogen-bond donors (Lipinski definition) is 2. The molecule has 0 bridgehead atoms. The molecule has 1 fully saturated rings. The molecule has 10 heteroatoms. The predicted molar refractivity (Wildman–Crippen MR) is 119 cm³/mol. The van der Waals surface area contributed by atoms with Crippen LogP contribution in [-0.2, 0) is 25.5 Å². The van der Waals surface area contributed by atoms with E-state index >= 15 is 0 Å². The van der Waals surface area contributed by atoms with E-state index in [-0.39, 0.29) is 51.6 Å². The van der Waals surface area contributed by atoms with Crippen molar-refractivity contribution in [1.82, 2.24) is 15.5 Å². The first kappa shape index (κ1) is 25.9. The van der Waals surface area contributed by atoms with E-state index in [1.54, 1.807) is 0 Å². The van der Waals surface area contributed by atoms with Crippen molar-refractivity contribution in [2.24, 2.45) is 5.92 Å². The number of alkyl carbamates (subject to hydrolysis) is 1. The zero-order chi connectivity index (χ0) is 24.3. The number of amides is 3. The zero-order valence-corrected chi connectivity index (χ0v) is 19.3. The van der Waals surface area contributed by atoms with Gasteiger partial charge in [0.05, 0.1) is 19.2 Å². The van der Waals surface area contributed by atoms with Gasteiger partial charge in [-0.05, 0) is 17.9 Å². The Balaban J connectivity index is 1.96. The fraction of sp³-hybridized carbons (Fsp3) is 0.565. The normalized spacial score (nSPS) is 18.3. The molecule has 180 valence electrons. The second-order valence-electron chi connectivity index (χ2n) is 8.32. The van der Waals surface area contributed by atoms with Crippen molar-refractivity contribution in [3.05, 3.63) is 35.9 Å². The summed E-state index contributed by atoms with van der Waals surface area (Å²) >= 11 is 0. The Labute approximate surface area is 194 Å². The molecule has 2 rings (SSSR count). The third kappa shape index (κ3) is 8.27. The fourth-order valence-electron chi connectivity index (χ4n) is 3.38. The Morgan fingerprint density at radius 3 is 2.58 bits per heavy atom. The van der Waals surface area contributed by atoms with Gasteiger partial charge in [0.2, 0.25) is 0 Å². The van der Waals surface area contributed by atoms with Gasteiger partial charge in [0.15, 0.2) is 6.10 Å². The highest BCUT2D eigenvalue weighted by molar-refractivity contribution is 5.84. The van der Waals surface area contributed by atoms with Crippen molar-refractivity contribution in [3.8, 4) is 6.07 Å². The van der Waals surface area contributed by atoms with Gasteiger partial charge in [-0.2, -0.15) is 5.26 Å². The molecule has 3 amide bonds. The van der Waals surface area contributed by atoms with Crippen LogP contribution in [0, 0.1) is 17.2 Å². The van der Waals surface area contributed by atoms with Crippen molar-refractivity contribution in [1.29, 1.82) is 5.26 Å². The Hall–Kier alpha value is -3.32. The monoisotopic (exact) mass is 460 g/mol. The molecule has 0 aromatic heterocycles. The van der Waals surface area contributed by atoms with Crippen LogP contribution in [0.4, 0.5) is 9.59 Å². The largest absolute Gasteiger partial charge is 0.447 e. The molecular formula is C23H32N4O6. The molecule has 2 N–H and O–H groups in total. The van der Waals surface area contributed by atoms with E-state index in [1.807, 2.05) is 44.2 Å². The molecule has 1 aliphatic heterocycles. The molecule has 0 aliphatic carbocycles. The van der Waals surface area contributed by atoms with Crippen LogP contribution >= 0.6 is 0 Å². The number of likely N-dealkylation sites (tertiary alicyclic amines) is 1. The summed E-state index contributed by atoms with van der Waals surface area (Å²) in [5.41, 5.74) is -0.387. The molecule has 1 saturated heterocycles. The number of nitrogens with one attached hydrogen (secondary N) is 2. The lowest BCUT2D eigenvalue weighted by atomic mass is 9.99. The summed E-state index contributed by atoms with van der Waals surface area (Å²) in [6.45, 7) is 4.67. The molecule has 2 unspecified atom stereocenters. The van der Waals surface area contributed by atoms with Gasteiger partial charge < -0.3 is 29.7 Å². The third-order valence-corrected chi connectivity index (χ3v) is 5.12. The summed E-state index contributed by atoms with van der Waals surface area (Å²) in [4.78, 5) is 38.8. The van der Waals surface area contributed by atoms with Gasteiger partial charge in [0, 0.05) is 26.6 Å². The summed E-state index contributed by atoms with van der Waals surface area (Å²) < 4.78 is 15.3. The van der Waals surface area contributed by atoms with Crippen LogP contribution in [0.15, 0.2) is 30.3 Å². The first-order valence-electron chi connectivity index (χ1n) is 10.9. The van der Waals surface area contributed by atoms with Crippen molar-refractivity contribution in [3.63, 3.8) is 0 Å².